The summed E-state index contributed by atoms with van der Waals surface area (Å²) in [5.74, 6) is -0.0149. The van der Waals surface area contributed by atoms with Crippen LogP contribution in [0.1, 0.15) is 32.5 Å². The Balaban J connectivity index is 1.72. The highest BCUT2D eigenvalue weighted by Gasteiger charge is 2.55. The summed E-state index contributed by atoms with van der Waals surface area (Å²) in [5.41, 5.74) is 8.26. The molecule has 0 radical (unpaired) electrons. The van der Waals surface area contributed by atoms with Gasteiger partial charge in [-0.1, -0.05) is 6.08 Å². The fourth-order valence-electron chi connectivity index (χ4n) is 4.61. The van der Waals surface area contributed by atoms with E-state index in [9.17, 15) is 0 Å². The molecule has 1 aliphatic carbocycles. The van der Waals surface area contributed by atoms with Gasteiger partial charge in [0.1, 0.15) is 29.0 Å². The average Bonchev–Trinajstić information content (AvgIpc) is 2.99. The van der Waals surface area contributed by atoms with Crippen LogP contribution < -0.4 is 5.73 Å². The van der Waals surface area contributed by atoms with Crippen molar-refractivity contribution in [2.45, 2.75) is 50.8 Å². The summed E-state index contributed by atoms with van der Waals surface area (Å²) in [6.45, 7) is 9.58. The van der Waals surface area contributed by atoms with Crippen LogP contribution in [-0.2, 0) is 4.74 Å². The third-order valence-corrected chi connectivity index (χ3v) is 7.17. The lowest BCUT2D eigenvalue weighted by molar-refractivity contribution is -0.00819. The van der Waals surface area contributed by atoms with Crippen molar-refractivity contribution < 1.29 is 9.13 Å². The molecule has 1 saturated heterocycles. The van der Waals surface area contributed by atoms with E-state index < -0.39 is 11.0 Å². The summed E-state index contributed by atoms with van der Waals surface area (Å²) in [7, 11) is 1.58. The number of methoxy groups -OCH3 is 1. The van der Waals surface area contributed by atoms with Gasteiger partial charge in [0.15, 0.2) is 5.65 Å². The Labute approximate surface area is 180 Å². The standard InChI is InChI=1S/C21H28ClFN6O/c1-11(2)28-8-14(9-28)21(22)16(23)7-6-15(18(21)30-5)13(4)29-20-17(12(3)27-29)19(24)25-10-26-20/h6-7,10-11,13-14,18H,8-9H2,1-5H3,(H2,24,25,26). The van der Waals surface area contributed by atoms with Gasteiger partial charge in [-0.25, -0.2) is 19.0 Å². The third kappa shape index (κ3) is 3.04. The predicted molar refractivity (Wildman–Crippen MR) is 116 cm³/mol. The van der Waals surface area contributed by atoms with E-state index in [2.05, 4.69) is 33.8 Å². The van der Waals surface area contributed by atoms with Crippen LogP contribution in [0.4, 0.5) is 10.2 Å². The molecule has 0 aromatic carbocycles. The average molecular weight is 435 g/mol. The fourth-order valence-corrected chi connectivity index (χ4v) is 5.02. The SMILES string of the molecule is COC1C(C(C)n2nc(C)c3c(N)ncnc32)=CC=C(F)C1(Cl)C1CN(C(C)C)C1. The molecule has 3 unspecified atom stereocenters. The maximum absolute atomic E-state index is 15.1. The molecule has 9 heteroatoms. The number of aromatic nitrogens is 4. The first-order valence-corrected chi connectivity index (χ1v) is 10.6. The Morgan fingerprint density at radius 2 is 1.97 bits per heavy atom. The zero-order valence-corrected chi connectivity index (χ0v) is 18.7. The molecule has 3 heterocycles. The van der Waals surface area contributed by atoms with Crippen molar-refractivity contribution in [2.24, 2.45) is 5.92 Å². The molecule has 0 spiro atoms. The van der Waals surface area contributed by atoms with Gasteiger partial charge in [-0.3, -0.25) is 0 Å². The first-order chi connectivity index (χ1) is 14.2. The zero-order chi connectivity index (χ0) is 21.8. The number of hydrogen-bond donors (Lipinski definition) is 1. The molecule has 2 aromatic rings. The van der Waals surface area contributed by atoms with Crippen molar-refractivity contribution in [1.29, 1.82) is 0 Å². The van der Waals surface area contributed by atoms with E-state index in [0.29, 0.717) is 17.5 Å². The Hall–Kier alpha value is -2.03. The molecule has 0 amide bonds. The lowest BCUT2D eigenvalue weighted by Crippen LogP contribution is -2.62. The van der Waals surface area contributed by atoms with Crippen LogP contribution in [0.25, 0.3) is 11.0 Å². The van der Waals surface area contributed by atoms with Crippen molar-refractivity contribution in [3.05, 3.63) is 35.6 Å². The largest absolute Gasteiger partial charge is 0.383 e. The van der Waals surface area contributed by atoms with Gasteiger partial charge in [-0.2, -0.15) is 5.10 Å². The molecule has 3 atom stereocenters. The van der Waals surface area contributed by atoms with Gasteiger partial charge >= 0.3 is 0 Å². The number of nitrogens with zero attached hydrogens (tertiary/aromatic N) is 5. The second kappa shape index (κ2) is 7.59. The lowest BCUT2D eigenvalue weighted by atomic mass is 9.74. The summed E-state index contributed by atoms with van der Waals surface area (Å²) in [5, 5.41) is 5.37. The van der Waals surface area contributed by atoms with Crippen LogP contribution >= 0.6 is 11.6 Å². The van der Waals surface area contributed by atoms with E-state index in [-0.39, 0.29) is 17.8 Å². The minimum atomic E-state index is -1.25. The fraction of sp³-hybridized carbons (Fsp3) is 0.571. The molecule has 2 aromatic heterocycles. The summed E-state index contributed by atoms with van der Waals surface area (Å²) < 4.78 is 22.8. The maximum atomic E-state index is 15.1. The first-order valence-electron chi connectivity index (χ1n) is 10.2. The lowest BCUT2D eigenvalue weighted by Gasteiger charge is -2.52. The van der Waals surface area contributed by atoms with Crippen molar-refractivity contribution >= 4 is 28.5 Å². The highest BCUT2D eigenvalue weighted by atomic mass is 35.5. The number of hydrogen-bond acceptors (Lipinski definition) is 6. The zero-order valence-electron chi connectivity index (χ0n) is 17.9. The van der Waals surface area contributed by atoms with E-state index in [4.69, 9.17) is 22.1 Å². The molecule has 30 heavy (non-hydrogen) atoms. The molecule has 7 nitrogen and oxygen atoms in total. The molecule has 2 aliphatic rings. The molecule has 0 saturated carbocycles. The molecular formula is C21H28ClFN6O. The highest BCUT2D eigenvalue weighted by molar-refractivity contribution is 6.27. The topological polar surface area (TPSA) is 82.1 Å². The number of ether oxygens (including phenoxy) is 1. The minimum absolute atomic E-state index is 0.0484. The number of allylic oxidation sites excluding steroid dienone is 2. The summed E-state index contributed by atoms with van der Waals surface area (Å²) in [6.07, 6.45) is 4.01. The van der Waals surface area contributed by atoms with Gasteiger partial charge in [-0.15, -0.1) is 11.6 Å². The Morgan fingerprint density at radius 1 is 1.27 bits per heavy atom. The molecule has 1 aliphatic heterocycles. The van der Waals surface area contributed by atoms with Crippen LogP contribution in [0, 0.1) is 12.8 Å². The molecule has 1 fully saturated rings. The number of likely N-dealkylation sites (tertiary alicyclic amines) is 1. The molecular weight excluding hydrogens is 407 g/mol. The molecule has 4 rings (SSSR count). The van der Waals surface area contributed by atoms with Gasteiger partial charge in [0.2, 0.25) is 0 Å². The van der Waals surface area contributed by atoms with Crippen molar-refractivity contribution in [1.82, 2.24) is 24.6 Å². The molecule has 0 bridgehead atoms. The first kappa shape index (κ1) is 21.2. The number of nitrogen functional groups attached to an aromatic ring is 1. The second-order valence-corrected chi connectivity index (χ2v) is 9.10. The van der Waals surface area contributed by atoms with Gasteiger partial charge < -0.3 is 15.4 Å². The van der Waals surface area contributed by atoms with Gasteiger partial charge in [0.25, 0.3) is 0 Å². The van der Waals surface area contributed by atoms with Crippen molar-refractivity contribution in [2.75, 3.05) is 25.9 Å². The number of alkyl halides is 1. The number of nitrogens with two attached hydrogens (primary N) is 1. The van der Waals surface area contributed by atoms with Gasteiger partial charge in [0, 0.05) is 32.2 Å². The number of halogens is 2. The predicted octanol–water partition coefficient (Wildman–Crippen LogP) is 3.40. The number of anilines is 1. The third-order valence-electron chi connectivity index (χ3n) is 6.48. The van der Waals surface area contributed by atoms with Crippen LogP contribution in [0.15, 0.2) is 29.9 Å². The van der Waals surface area contributed by atoms with E-state index >= 15 is 4.39 Å². The molecule has 162 valence electrons. The van der Waals surface area contributed by atoms with E-state index in [1.807, 2.05) is 13.8 Å². The van der Waals surface area contributed by atoms with E-state index in [1.165, 1.54) is 12.4 Å². The van der Waals surface area contributed by atoms with Crippen LogP contribution in [0.5, 0.6) is 0 Å². The van der Waals surface area contributed by atoms with Crippen LogP contribution in [-0.4, -0.2) is 61.9 Å². The van der Waals surface area contributed by atoms with Gasteiger partial charge in [0.05, 0.1) is 17.1 Å². The summed E-state index contributed by atoms with van der Waals surface area (Å²) in [4.78, 5) is 9.49. The summed E-state index contributed by atoms with van der Waals surface area (Å²) >= 11 is 7.03. The number of rotatable bonds is 5. The maximum Gasteiger partial charge on any atom is 0.164 e. The van der Waals surface area contributed by atoms with Crippen LogP contribution in [0.3, 0.4) is 0 Å². The van der Waals surface area contributed by atoms with Crippen molar-refractivity contribution in [3.63, 3.8) is 0 Å². The molecule has 2 N–H and O–H groups in total. The minimum Gasteiger partial charge on any atom is -0.383 e. The normalized spacial score (nSPS) is 26.6. The summed E-state index contributed by atoms with van der Waals surface area (Å²) in [6, 6.07) is 0.139. The van der Waals surface area contributed by atoms with E-state index in [0.717, 1.165) is 29.7 Å². The van der Waals surface area contributed by atoms with Gasteiger partial charge in [-0.05, 0) is 39.3 Å². The highest BCUT2D eigenvalue weighted by Crippen LogP contribution is 2.49. The monoisotopic (exact) mass is 434 g/mol. The second-order valence-electron chi connectivity index (χ2n) is 8.47. The van der Waals surface area contributed by atoms with Crippen LogP contribution in [0.2, 0.25) is 0 Å². The Morgan fingerprint density at radius 3 is 2.60 bits per heavy atom. The van der Waals surface area contributed by atoms with E-state index in [1.54, 1.807) is 17.9 Å². The number of fused-ring (bicyclic) bond motifs is 1. The quantitative estimate of drug-likeness (QED) is 0.726. The van der Waals surface area contributed by atoms with Crippen molar-refractivity contribution in [3.8, 4) is 0 Å². The Bertz CT molecular complexity index is 1030. The number of aryl methyl sites for hydroxylation is 1. The Kier molecular flexibility index (Phi) is 5.36. The smallest absolute Gasteiger partial charge is 0.164 e.